The Morgan fingerprint density at radius 1 is 1.14 bits per heavy atom. The Morgan fingerprint density at radius 3 is 2.71 bits per heavy atom. The summed E-state index contributed by atoms with van der Waals surface area (Å²) in [6.45, 7) is 2.47. The van der Waals surface area contributed by atoms with Gasteiger partial charge in [0.25, 0.3) is 5.91 Å². The maximum absolute atomic E-state index is 12.3. The maximum Gasteiger partial charge on any atom is 0.269 e. The molecule has 0 aliphatic heterocycles. The quantitative estimate of drug-likeness (QED) is 0.605. The van der Waals surface area contributed by atoms with Crippen LogP contribution in [0.1, 0.15) is 21.6 Å². The SMILES string of the molecule is COc1cccc(CCNC(=O)c2ccc(Nc3cccc(Cl)c3C)cn2)c1. The van der Waals surface area contributed by atoms with Crippen molar-refractivity contribution in [3.8, 4) is 5.75 Å². The van der Waals surface area contributed by atoms with Gasteiger partial charge in [-0.25, -0.2) is 4.98 Å². The van der Waals surface area contributed by atoms with Crippen LogP contribution in [0.3, 0.4) is 0 Å². The van der Waals surface area contributed by atoms with Crippen molar-refractivity contribution in [2.75, 3.05) is 19.0 Å². The molecule has 0 atom stereocenters. The highest BCUT2D eigenvalue weighted by molar-refractivity contribution is 6.31. The second-order valence-corrected chi connectivity index (χ2v) is 6.73. The van der Waals surface area contributed by atoms with Crippen molar-refractivity contribution in [1.82, 2.24) is 10.3 Å². The Kier molecular flexibility index (Phi) is 6.50. The largest absolute Gasteiger partial charge is 0.497 e. The van der Waals surface area contributed by atoms with E-state index in [9.17, 15) is 4.79 Å². The molecule has 3 aromatic rings. The number of hydrogen-bond donors (Lipinski definition) is 2. The molecule has 5 nitrogen and oxygen atoms in total. The lowest BCUT2D eigenvalue weighted by Gasteiger charge is -2.11. The second-order valence-electron chi connectivity index (χ2n) is 6.33. The van der Waals surface area contributed by atoms with Crippen LogP contribution >= 0.6 is 11.6 Å². The van der Waals surface area contributed by atoms with Gasteiger partial charge in [-0.3, -0.25) is 4.79 Å². The van der Waals surface area contributed by atoms with Gasteiger partial charge in [0.2, 0.25) is 0 Å². The smallest absolute Gasteiger partial charge is 0.269 e. The average Bonchev–Trinajstić information content (AvgIpc) is 2.72. The van der Waals surface area contributed by atoms with Gasteiger partial charge in [-0.15, -0.1) is 0 Å². The summed E-state index contributed by atoms with van der Waals surface area (Å²) in [5.74, 6) is 0.608. The Morgan fingerprint density at radius 2 is 1.96 bits per heavy atom. The molecule has 2 aromatic carbocycles. The van der Waals surface area contributed by atoms with Gasteiger partial charge < -0.3 is 15.4 Å². The number of pyridine rings is 1. The Balaban J connectivity index is 1.55. The normalized spacial score (nSPS) is 10.4. The van der Waals surface area contributed by atoms with Crippen molar-refractivity contribution in [1.29, 1.82) is 0 Å². The minimum Gasteiger partial charge on any atom is -0.497 e. The summed E-state index contributed by atoms with van der Waals surface area (Å²) in [6, 6.07) is 17.0. The van der Waals surface area contributed by atoms with Crippen molar-refractivity contribution in [3.05, 3.63) is 82.6 Å². The lowest BCUT2D eigenvalue weighted by molar-refractivity contribution is 0.0949. The lowest BCUT2D eigenvalue weighted by Crippen LogP contribution is -2.26. The molecule has 1 aromatic heterocycles. The van der Waals surface area contributed by atoms with Gasteiger partial charge in [0, 0.05) is 17.3 Å². The number of benzene rings is 2. The predicted octanol–water partition coefficient (Wildman–Crippen LogP) is 4.77. The molecule has 6 heteroatoms. The highest BCUT2D eigenvalue weighted by Crippen LogP contribution is 2.25. The fourth-order valence-corrected chi connectivity index (χ4v) is 2.91. The Labute approximate surface area is 169 Å². The number of carbonyl (C=O) groups is 1. The summed E-state index contributed by atoms with van der Waals surface area (Å²) in [5.41, 5.74) is 4.13. The summed E-state index contributed by atoms with van der Waals surface area (Å²) < 4.78 is 5.21. The van der Waals surface area contributed by atoms with Gasteiger partial charge in [0.05, 0.1) is 19.0 Å². The number of rotatable bonds is 7. The molecule has 0 saturated heterocycles. The number of aromatic nitrogens is 1. The van der Waals surface area contributed by atoms with Crippen molar-refractivity contribution < 1.29 is 9.53 Å². The number of nitrogens with one attached hydrogen (secondary N) is 2. The third-order valence-electron chi connectivity index (χ3n) is 4.38. The summed E-state index contributed by atoms with van der Waals surface area (Å²) in [5, 5.41) is 6.85. The van der Waals surface area contributed by atoms with Gasteiger partial charge in [-0.05, 0) is 60.9 Å². The van der Waals surface area contributed by atoms with Crippen molar-refractivity contribution in [3.63, 3.8) is 0 Å². The first-order chi connectivity index (χ1) is 13.6. The third-order valence-corrected chi connectivity index (χ3v) is 4.79. The molecule has 0 radical (unpaired) electrons. The highest BCUT2D eigenvalue weighted by Gasteiger charge is 2.08. The summed E-state index contributed by atoms with van der Waals surface area (Å²) in [4.78, 5) is 16.5. The van der Waals surface area contributed by atoms with E-state index >= 15 is 0 Å². The molecule has 1 heterocycles. The van der Waals surface area contributed by atoms with Crippen LogP contribution in [0.25, 0.3) is 0 Å². The van der Waals surface area contributed by atoms with Crippen LogP contribution in [-0.4, -0.2) is 24.5 Å². The highest BCUT2D eigenvalue weighted by atomic mass is 35.5. The number of nitrogens with zero attached hydrogens (tertiary/aromatic N) is 1. The fourth-order valence-electron chi connectivity index (χ4n) is 2.74. The van der Waals surface area contributed by atoms with E-state index < -0.39 is 0 Å². The summed E-state index contributed by atoms with van der Waals surface area (Å²) >= 11 is 6.14. The van der Waals surface area contributed by atoms with Gasteiger partial charge in [-0.2, -0.15) is 0 Å². The molecule has 2 N–H and O–H groups in total. The molecular weight excluding hydrogens is 374 g/mol. The number of carbonyl (C=O) groups excluding carboxylic acids is 1. The lowest BCUT2D eigenvalue weighted by atomic mass is 10.1. The van der Waals surface area contributed by atoms with Gasteiger partial charge >= 0.3 is 0 Å². The summed E-state index contributed by atoms with van der Waals surface area (Å²) in [6.07, 6.45) is 2.36. The molecule has 0 unspecified atom stereocenters. The topological polar surface area (TPSA) is 63.2 Å². The Hall–Kier alpha value is -3.05. The number of methoxy groups -OCH3 is 1. The number of amides is 1. The van der Waals surface area contributed by atoms with Crippen LogP contribution in [0.2, 0.25) is 5.02 Å². The van der Waals surface area contributed by atoms with Crippen molar-refractivity contribution in [2.24, 2.45) is 0 Å². The van der Waals surface area contributed by atoms with Crippen LogP contribution in [0.4, 0.5) is 11.4 Å². The number of halogens is 1. The fraction of sp³-hybridized carbons (Fsp3) is 0.182. The van der Waals surface area contributed by atoms with Crippen LogP contribution in [0, 0.1) is 6.92 Å². The zero-order valence-electron chi connectivity index (χ0n) is 15.8. The maximum atomic E-state index is 12.3. The molecule has 0 spiro atoms. The molecule has 0 fully saturated rings. The van der Waals surface area contributed by atoms with E-state index in [4.69, 9.17) is 16.3 Å². The molecule has 0 bridgehead atoms. The minimum absolute atomic E-state index is 0.201. The predicted molar refractivity (Wildman–Crippen MR) is 113 cm³/mol. The number of ether oxygens (including phenoxy) is 1. The van der Waals surface area contributed by atoms with E-state index in [1.54, 1.807) is 19.4 Å². The third kappa shape index (κ3) is 5.02. The van der Waals surface area contributed by atoms with E-state index in [2.05, 4.69) is 15.6 Å². The Bertz CT molecular complexity index is 958. The van der Waals surface area contributed by atoms with Crippen molar-refractivity contribution >= 4 is 28.9 Å². The molecule has 144 valence electrons. The zero-order chi connectivity index (χ0) is 19.9. The van der Waals surface area contributed by atoms with Crippen molar-refractivity contribution in [2.45, 2.75) is 13.3 Å². The molecule has 3 rings (SSSR count). The molecule has 28 heavy (non-hydrogen) atoms. The van der Waals surface area contributed by atoms with Crippen LogP contribution in [0.15, 0.2) is 60.8 Å². The van der Waals surface area contributed by atoms with E-state index in [0.29, 0.717) is 17.3 Å². The minimum atomic E-state index is -0.201. The van der Waals surface area contributed by atoms with E-state index in [1.807, 2.05) is 55.5 Å². The number of hydrogen-bond acceptors (Lipinski definition) is 4. The molecular formula is C22H22ClN3O2. The van der Waals surface area contributed by atoms with Gasteiger partial charge in [0.1, 0.15) is 11.4 Å². The molecule has 0 aliphatic rings. The van der Waals surface area contributed by atoms with E-state index in [0.717, 1.165) is 34.7 Å². The van der Waals surface area contributed by atoms with Crippen LogP contribution in [0.5, 0.6) is 5.75 Å². The first-order valence-electron chi connectivity index (χ1n) is 8.96. The molecule has 0 saturated carbocycles. The second kappa shape index (κ2) is 9.24. The average molecular weight is 396 g/mol. The first kappa shape index (κ1) is 19.7. The number of anilines is 2. The molecule has 1 amide bonds. The zero-order valence-corrected chi connectivity index (χ0v) is 16.6. The van der Waals surface area contributed by atoms with E-state index in [1.165, 1.54) is 0 Å². The van der Waals surface area contributed by atoms with E-state index in [-0.39, 0.29) is 5.91 Å². The first-order valence-corrected chi connectivity index (χ1v) is 9.34. The van der Waals surface area contributed by atoms with Gasteiger partial charge in [-0.1, -0.05) is 29.8 Å². The van der Waals surface area contributed by atoms with Crippen LogP contribution < -0.4 is 15.4 Å². The molecule has 0 aliphatic carbocycles. The van der Waals surface area contributed by atoms with Gasteiger partial charge in [0.15, 0.2) is 0 Å². The summed E-state index contributed by atoms with van der Waals surface area (Å²) in [7, 11) is 1.64. The standard InChI is InChI=1S/C22H22ClN3O2/c1-15-19(23)7-4-8-20(15)26-17-9-10-21(25-14-17)22(27)24-12-11-16-5-3-6-18(13-16)28-2/h3-10,13-14,26H,11-12H2,1-2H3,(H,24,27). The monoisotopic (exact) mass is 395 g/mol. The van der Waals surface area contributed by atoms with Crippen LogP contribution in [-0.2, 0) is 6.42 Å².